The van der Waals surface area contributed by atoms with Gasteiger partial charge in [0.1, 0.15) is 12.6 Å². The summed E-state index contributed by atoms with van der Waals surface area (Å²) in [4.78, 5) is 25.1. The predicted molar refractivity (Wildman–Crippen MR) is 72.6 cm³/mol. The molecule has 5 heteroatoms. The Morgan fingerprint density at radius 1 is 1.35 bits per heavy atom. The van der Waals surface area contributed by atoms with E-state index in [1.165, 1.54) is 4.90 Å². The Bertz CT molecular complexity index is 486. The molecule has 1 heterocycles. The summed E-state index contributed by atoms with van der Waals surface area (Å²) in [6, 6.07) is 8.83. The summed E-state index contributed by atoms with van der Waals surface area (Å²) in [5.41, 5.74) is 0.908. The van der Waals surface area contributed by atoms with Gasteiger partial charge in [-0.05, 0) is 18.4 Å². The molecule has 1 aromatic carbocycles. The first-order valence-electron chi connectivity index (χ1n) is 6.51. The first-order chi connectivity index (χ1) is 9.72. The molecule has 5 nitrogen and oxygen atoms in total. The van der Waals surface area contributed by atoms with Crippen LogP contribution in [0.2, 0.25) is 0 Å². The van der Waals surface area contributed by atoms with E-state index in [1.54, 1.807) is 0 Å². The van der Waals surface area contributed by atoms with E-state index in [1.807, 2.05) is 30.3 Å². The van der Waals surface area contributed by atoms with Crippen LogP contribution < -0.4 is 0 Å². The molecule has 1 aromatic rings. The number of carbonyl (C=O) groups is 2. The van der Waals surface area contributed by atoms with Crippen molar-refractivity contribution in [3.05, 3.63) is 48.7 Å². The zero-order valence-electron chi connectivity index (χ0n) is 11.2. The molecular weight excluding hydrogens is 258 g/mol. The summed E-state index contributed by atoms with van der Waals surface area (Å²) in [5, 5.41) is 0. The third-order valence-electron chi connectivity index (χ3n) is 3.16. The third kappa shape index (κ3) is 3.38. The number of hydrogen-bond donors (Lipinski definition) is 0. The largest absolute Gasteiger partial charge is 0.445 e. The maximum atomic E-state index is 12.0. The summed E-state index contributed by atoms with van der Waals surface area (Å²) >= 11 is 0. The van der Waals surface area contributed by atoms with Crippen LogP contribution >= 0.6 is 0 Å². The second-order valence-corrected chi connectivity index (χ2v) is 4.50. The maximum Gasteiger partial charge on any atom is 0.410 e. The quantitative estimate of drug-likeness (QED) is 0.625. The summed E-state index contributed by atoms with van der Waals surface area (Å²) in [7, 11) is 0. The van der Waals surface area contributed by atoms with E-state index in [0.29, 0.717) is 13.0 Å². The lowest BCUT2D eigenvalue weighted by atomic mass is 10.2. The van der Waals surface area contributed by atoms with Gasteiger partial charge in [-0.1, -0.05) is 36.9 Å². The van der Waals surface area contributed by atoms with Crippen LogP contribution in [0.4, 0.5) is 4.79 Å². The van der Waals surface area contributed by atoms with Gasteiger partial charge in [-0.2, -0.15) is 0 Å². The summed E-state index contributed by atoms with van der Waals surface area (Å²) in [5.74, 6) is -0.464. The number of hydrogen-bond acceptors (Lipinski definition) is 4. The Morgan fingerprint density at radius 3 is 2.80 bits per heavy atom. The number of carbonyl (C=O) groups excluding carboxylic acids is 2. The topological polar surface area (TPSA) is 55.8 Å². The van der Waals surface area contributed by atoms with E-state index in [2.05, 4.69) is 6.58 Å². The third-order valence-corrected chi connectivity index (χ3v) is 3.16. The van der Waals surface area contributed by atoms with Crippen LogP contribution in [0.5, 0.6) is 0 Å². The van der Waals surface area contributed by atoms with E-state index in [-0.39, 0.29) is 6.61 Å². The zero-order chi connectivity index (χ0) is 14.4. The molecule has 106 valence electrons. The summed E-state index contributed by atoms with van der Waals surface area (Å²) < 4.78 is 9.97. The molecule has 1 aliphatic rings. The predicted octanol–water partition coefficient (Wildman–Crippen LogP) is 2.47. The van der Waals surface area contributed by atoms with E-state index >= 15 is 0 Å². The van der Waals surface area contributed by atoms with E-state index in [4.69, 9.17) is 9.47 Å². The number of nitrogens with zero attached hydrogens (tertiary/aromatic N) is 1. The van der Waals surface area contributed by atoms with Crippen LogP contribution in [0, 0.1) is 0 Å². The summed E-state index contributed by atoms with van der Waals surface area (Å²) in [6.07, 6.45) is 1.94. The van der Waals surface area contributed by atoms with Crippen molar-refractivity contribution >= 4 is 12.1 Å². The highest BCUT2D eigenvalue weighted by Crippen LogP contribution is 2.20. The van der Waals surface area contributed by atoms with Crippen LogP contribution in [0.15, 0.2) is 43.2 Å². The average Bonchev–Trinajstić information content (AvgIpc) is 2.96. The summed E-state index contributed by atoms with van der Waals surface area (Å²) in [6.45, 7) is 4.04. The Hall–Kier alpha value is -2.30. The van der Waals surface area contributed by atoms with E-state index in [9.17, 15) is 9.59 Å². The molecule has 1 atom stereocenters. The van der Waals surface area contributed by atoms with Crippen LogP contribution in [0.3, 0.4) is 0 Å². The van der Waals surface area contributed by atoms with Gasteiger partial charge in [-0.3, -0.25) is 4.90 Å². The second-order valence-electron chi connectivity index (χ2n) is 4.50. The number of amides is 1. The highest BCUT2D eigenvalue weighted by molar-refractivity contribution is 5.82. The number of likely N-dealkylation sites (tertiary alicyclic amines) is 1. The zero-order valence-corrected chi connectivity index (χ0v) is 11.2. The van der Waals surface area contributed by atoms with Crippen LogP contribution in [-0.4, -0.2) is 29.5 Å². The normalized spacial score (nSPS) is 17.6. The van der Waals surface area contributed by atoms with Crippen molar-refractivity contribution in [1.29, 1.82) is 0 Å². The van der Waals surface area contributed by atoms with Gasteiger partial charge < -0.3 is 9.47 Å². The van der Waals surface area contributed by atoms with Gasteiger partial charge in [0, 0.05) is 6.54 Å². The molecule has 0 radical (unpaired) electrons. The Morgan fingerprint density at radius 2 is 2.10 bits per heavy atom. The lowest BCUT2D eigenvalue weighted by molar-refractivity contribution is -0.142. The first-order valence-corrected chi connectivity index (χ1v) is 6.51. The Labute approximate surface area is 117 Å². The Kier molecular flexibility index (Phi) is 4.76. The molecule has 2 rings (SSSR count). The number of esters is 1. The van der Waals surface area contributed by atoms with Crippen molar-refractivity contribution in [1.82, 2.24) is 4.90 Å². The first kappa shape index (κ1) is 14.1. The van der Waals surface area contributed by atoms with Crippen molar-refractivity contribution in [2.75, 3.05) is 6.54 Å². The molecule has 0 saturated carbocycles. The smallest absolute Gasteiger partial charge is 0.410 e. The Balaban J connectivity index is 1.91. The van der Waals surface area contributed by atoms with Gasteiger partial charge >= 0.3 is 12.1 Å². The van der Waals surface area contributed by atoms with Gasteiger partial charge in [0.2, 0.25) is 0 Å². The highest BCUT2D eigenvalue weighted by atomic mass is 16.6. The molecule has 1 fully saturated rings. The van der Waals surface area contributed by atoms with Crippen LogP contribution in [-0.2, 0) is 20.9 Å². The minimum absolute atomic E-state index is 0.194. The maximum absolute atomic E-state index is 12.0. The van der Waals surface area contributed by atoms with Crippen LogP contribution in [0.25, 0.3) is 0 Å². The van der Waals surface area contributed by atoms with Crippen molar-refractivity contribution in [2.45, 2.75) is 25.5 Å². The van der Waals surface area contributed by atoms with Crippen molar-refractivity contribution in [2.24, 2.45) is 0 Å². The van der Waals surface area contributed by atoms with Gasteiger partial charge in [-0.25, -0.2) is 9.59 Å². The molecule has 0 aliphatic carbocycles. The molecule has 1 unspecified atom stereocenters. The van der Waals surface area contributed by atoms with Gasteiger partial charge in [0.05, 0.1) is 6.26 Å². The fraction of sp³-hybridized carbons (Fsp3) is 0.333. The van der Waals surface area contributed by atoms with Crippen LogP contribution in [0.1, 0.15) is 18.4 Å². The lowest BCUT2D eigenvalue weighted by Gasteiger charge is -2.21. The SMILES string of the molecule is C=COC(=O)C1CCCN1C(=O)OCc1ccccc1. The minimum Gasteiger partial charge on any atom is -0.445 e. The molecule has 20 heavy (non-hydrogen) atoms. The van der Waals surface area contributed by atoms with Gasteiger partial charge in [-0.15, -0.1) is 0 Å². The number of benzene rings is 1. The van der Waals surface area contributed by atoms with Crippen molar-refractivity contribution in [3.63, 3.8) is 0 Å². The number of rotatable bonds is 4. The fourth-order valence-electron chi connectivity index (χ4n) is 2.19. The fourth-order valence-corrected chi connectivity index (χ4v) is 2.19. The molecule has 0 spiro atoms. The molecule has 0 aromatic heterocycles. The van der Waals surface area contributed by atoms with E-state index < -0.39 is 18.1 Å². The molecule has 0 bridgehead atoms. The molecular formula is C15H17NO4. The van der Waals surface area contributed by atoms with E-state index in [0.717, 1.165) is 18.2 Å². The second kappa shape index (κ2) is 6.75. The average molecular weight is 275 g/mol. The van der Waals surface area contributed by atoms with Crippen molar-refractivity contribution in [3.8, 4) is 0 Å². The van der Waals surface area contributed by atoms with Crippen molar-refractivity contribution < 1.29 is 19.1 Å². The van der Waals surface area contributed by atoms with Gasteiger partial charge in [0.25, 0.3) is 0 Å². The van der Waals surface area contributed by atoms with Gasteiger partial charge in [0.15, 0.2) is 0 Å². The molecule has 0 N–H and O–H groups in total. The monoisotopic (exact) mass is 275 g/mol. The molecule has 1 aliphatic heterocycles. The molecule has 1 saturated heterocycles. The number of ether oxygens (including phenoxy) is 2. The standard InChI is InChI=1S/C15H17NO4/c1-2-19-14(17)13-9-6-10-16(13)15(18)20-11-12-7-4-3-5-8-12/h2-5,7-8,13H,1,6,9-11H2. The minimum atomic E-state index is -0.573. The lowest BCUT2D eigenvalue weighted by Crippen LogP contribution is -2.41. The molecule has 1 amide bonds. The highest BCUT2D eigenvalue weighted by Gasteiger charge is 2.36.